The van der Waals surface area contributed by atoms with Gasteiger partial charge < -0.3 is 19.9 Å². The molecule has 0 aliphatic carbocycles. The molecule has 7 aromatic rings. The molecule has 0 fully saturated rings. The van der Waals surface area contributed by atoms with Gasteiger partial charge in [-0.25, -0.2) is 13.2 Å². The van der Waals surface area contributed by atoms with E-state index in [1.807, 2.05) is 48.5 Å². The Morgan fingerprint density at radius 1 is 0.367 bits per heavy atom. The molecule has 5 heterocycles. The number of aromatic nitrogens is 4. The van der Waals surface area contributed by atoms with Gasteiger partial charge >= 0.3 is 22.4 Å². The van der Waals surface area contributed by atoms with Crippen molar-refractivity contribution in [1.82, 2.24) is 19.9 Å². The first-order chi connectivity index (χ1) is 23.2. The van der Waals surface area contributed by atoms with Gasteiger partial charge in [-0.05, 0) is 47.0 Å². The molecule has 0 unspecified atom stereocenters. The predicted molar refractivity (Wildman–Crippen MR) is 180 cm³/mol. The fourth-order valence-electron chi connectivity index (χ4n) is 5.70. The van der Waals surface area contributed by atoms with Crippen molar-refractivity contribution in [2.45, 2.75) is 4.30 Å². The van der Waals surface area contributed by atoms with Crippen LogP contribution >= 0.6 is 34.8 Å². The minimum absolute atomic E-state index is 0. The summed E-state index contributed by atoms with van der Waals surface area (Å²) in [6, 6.07) is 33.9. The molecule has 8 bridgehead atoms. The van der Waals surface area contributed by atoms with Gasteiger partial charge in [0.2, 0.25) is 0 Å². The average molecular weight is 805 g/mol. The fourth-order valence-corrected chi connectivity index (χ4v) is 5.70. The van der Waals surface area contributed by atoms with Crippen LogP contribution in [0.2, 0.25) is 0 Å². The molecule has 11 heteroatoms. The van der Waals surface area contributed by atoms with Crippen LogP contribution < -0.4 is 19.9 Å². The van der Waals surface area contributed by atoms with E-state index < -0.39 is 4.30 Å². The summed E-state index contributed by atoms with van der Waals surface area (Å²) in [5, 5.41) is 0. The summed E-state index contributed by atoms with van der Waals surface area (Å²) in [5.74, 6) is 1.14. The Hall–Kier alpha value is -4.21. The third-order valence-corrected chi connectivity index (χ3v) is 7.76. The van der Waals surface area contributed by atoms with E-state index in [0.717, 1.165) is 28.5 Å². The molecule has 0 spiro atoms. The first kappa shape index (κ1) is 34.6. The first-order valence-corrected chi connectivity index (χ1v) is 15.9. The standard InChI is InChI=1S/C37H20F3N4.CHCl3.Ag/c38-24-7-1-21(2-8-24)35-29-15-13-27(41-29)28-14-16-30(42-28)36(22-3-9-25(39)10-4-22)32-18-20-34(44-32)37(33-19-17-31(35)43-33)23-5-11-26(40)12-6-23;2-1(3)4;/h1-20H;1H;/q-1;;+1. The monoisotopic (exact) mass is 802 g/mol. The van der Waals surface area contributed by atoms with E-state index in [2.05, 4.69) is 0 Å². The molecule has 246 valence electrons. The predicted octanol–water partition coefficient (Wildman–Crippen LogP) is 8.95. The van der Waals surface area contributed by atoms with Crippen LogP contribution in [0.1, 0.15) is 50.9 Å². The normalized spacial score (nSPS) is 12.2. The van der Waals surface area contributed by atoms with E-state index in [-0.39, 0.29) is 39.8 Å². The first-order valence-electron chi connectivity index (χ1n) is 14.6. The van der Waals surface area contributed by atoms with E-state index >= 15 is 0 Å². The molecule has 0 radical (unpaired) electrons. The largest absolute Gasteiger partial charge is 1.00 e. The zero-order valence-corrected chi connectivity index (χ0v) is 28.7. The van der Waals surface area contributed by atoms with Crippen LogP contribution in [-0.4, -0.2) is 4.30 Å². The molecule has 49 heavy (non-hydrogen) atoms. The molecule has 8 rings (SSSR count). The third-order valence-electron chi connectivity index (χ3n) is 7.76. The van der Waals surface area contributed by atoms with Crippen molar-refractivity contribution in [3.05, 3.63) is 207 Å². The van der Waals surface area contributed by atoms with Crippen molar-refractivity contribution in [1.29, 1.82) is 0 Å². The third kappa shape index (κ3) is 7.38. The number of benzene rings is 3. The van der Waals surface area contributed by atoms with Crippen molar-refractivity contribution in [3.8, 4) is 11.4 Å². The number of fused-ring (bicyclic) bond motifs is 9. The Morgan fingerprint density at radius 2 is 0.592 bits per heavy atom. The van der Waals surface area contributed by atoms with Crippen LogP contribution in [0, 0.1) is 35.2 Å². The zero-order valence-electron chi connectivity index (χ0n) is 25.0. The molecular weight excluding hydrogens is 784 g/mol. The number of nitrogens with zero attached hydrogens (tertiary/aromatic N) is 4. The SMILES string of the molecule is ClC(Cl)Cl.Fc1ccc([C+]2c3ccc([n-]3)-c3ccc([n-]3)[C+](c3ccc(F)cc3)c3ccc([n-]3)[C+](c3ccc(F)cc3)c3ccc2[n-]3)cc1.[Ag+]. The summed E-state index contributed by atoms with van der Waals surface area (Å²) in [7, 11) is 0. The van der Waals surface area contributed by atoms with Gasteiger partial charge in [-0.2, -0.15) is 0 Å². The molecule has 0 N–H and O–H groups in total. The second kappa shape index (κ2) is 14.7. The van der Waals surface area contributed by atoms with Crippen LogP contribution in [0.25, 0.3) is 11.4 Å². The number of hydrogen-bond acceptors (Lipinski definition) is 0. The van der Waals surface area contributed by atoms with Gasteiger partial charge in [0.15, 0.2) is 4.30 Å². The number of halogens is 6. The van der Waals surface area contributed by atoms with Gasteiger partial charge in [0.1, 0.15) is 17.5 Å². The minimum atomic E-state index is -0.750. The molecule has 0 saturated heterocycles. The molecule has 0 amide bonds. The summed E-state index contributed by atoms with van der Waals surface area (Å²) >= 11 is 14.4. The van der Waals surface area contributed by atoms with Crippen molar-refractivity contribution >= 4 is 34.8 Å². The van der Waals surface area contributed by atoms with Crippen molar-refractivity contribution in [3.63, 3.8) is 0 Å². The van der Waals surface area contributed by atoms with E-state index in [4.69, 9.17) is 54.7 Å². The van der Waals surface area contributed by atoms with E-state index in [0.29, 0.717) is 51.5 Å². The maximum atomic E-state index is 14.0. The Balaban J connectivity index is 0.000000792. The molecule has 4 nitrogen and oxygen atoms in total. The average Bonchev–Trinajstić information content (AvgIpc) is 3.89. The smallest absolute Gasteiger partial charge is 0.644 e. The molecule has 0 saturated carbocycles. The number of hydrogen-bond donors (Lipinski definition) is 0. The van der Waals surface area contributed by atoms with Crippen molar-refractivity contribution < 1.29 is 35.6 Å². The van der Waals surface area contributed by atoms with E-state index in [1.165, 1.54) is 36.4 Å². The summed E-state index contributed by atoms with van der Waals surface area (Å²) in [6.45, 7) is 0. The maximum absolute atomic E-state index is 14.0. The van der Waals surface area contributed by atoms with E-state index in [1.54, 1.807) is 36.4 Å². The zero-order chi connectivity index (χ0) is 33.4. The van der Waals surface area contributed by atoms with Gasteiger partial charge in [-0.3, -0.25) is 0 Å². The van der Waals surface area contributed by atoms with Gasteiger partial charge in [0.25, 0.3) is 0 Å². The van der Waals surface area contributed by atoms with Crippen LogP contribution in [-0.2, 0) is 22.4 Å². The molecule has 0 atom stereocenters. The van der Waals surface area contributed by atoms with Crippen molar-refractivity contribution in [2.24, 2.45) is 0 Å². The fraction of sp³-hybridized carbons (Fsp3) is 0.0263. The summed E-state index contributed by atoms with van der Waals surface area (Å²) in [4.78, 5) is 20.0. The Bertz CT molecular complexity index is 2000. The maximum Gasteiger partial charge on any atom is 1.00 e. The Labute approximate surface area is 311 Å². The van der Waals surface area contributed by atoms with Crippen LogP contribution in [0.5, 0.6) is 0 Å². The molecule has 3 aromatic carbocycles. The van der Waals surface area contributed by atoms with Gasteiger partial charge in [0, 0.05) is 115 Å². The van der Waals surface area contributed by atoms with Gasteiger partial charge in [0.05, 0.1) is 16.7 Å². The quantitative estimate of drug-likeness (QED) is 0.102. The Kier molecular flexibility index (Phi) is 10.4. The topological polar surface area (TPSA) is 56.4 Å². The van der Waals surface area contributed by atoms with E-state index in [9.17, 15) is 13.2 Å². The van der Waals surface area contributed by atoms with Gasteiger partial charge in [-0.1, -0.05) is 46.2 Å². The Morgan fingerprint density at radius 3 is 0.857 bits per heavy atom. The molecule has 1 aliphatic rings. The molecular formula is C38H21AgCl3F3N4. The number of rotatable bonds is 3. The second-order valence-electron chi connectivity index (χ2n) is 10.8. The second-order valence-corrected chi connectivity index (χ2v) is 12.7. The van der Waals surface area contributed by atoms with Gasteiger partial charge in [-0.15, -0.1) is 11.4 Å². The van der Waals surface area contributed by atoms with Crippen LogP contribution in [0.4, 0.5) is 13.2 Å². The van der Waals surface area contributed by atoms with Crippen LogP contribution in [0.15, 0.2) is 121 Å². The summed E-state index contributed by atoms with van der Waals surface area (Å²) < 4.78 is 41.1. The molecule has 4 aromatic heterocycles. The minimum Gasteiger partial charge on any atom is -0.644 e. The summed E-state index contributed by atoms with van der Waals surface area (Å²) in [6.07, 6.45) is 0. The van der Waals surface area contributed by atoms with Crippen LogP contribution in [0.3, 0.4) is 0 Å². The van der Waals surface area contributed by atoms with Crippen molar-refractivity contribution in [2.75, 3.05) is 0 Å². The summed E-state index contributed by atoms with van der Waals surface area (Å²) in [5.41, 5.74) is 7.46. The number of alkyl halides is 3. The molecule has 1 aliphatic heterocycles.